The third-order valence-electron chi connectivity index (χ3n) is 0. The zero-order chi connectivity index (χ0) is 8.08. The van der Waals surface area contributed by atoms with E-state index in [4.69, 9.17) is 35.7 Å². The summed E-state index contributed by atoms with van der Waals surface area (Å²) >= 11 is -3.29. The fraction of sp³-hybridized carbons (Fsp3) is 1.00. The predicted octanol–water partition coefficient (Wildman–Crippen LogP) is 2.37. The summed E-state index contributed by atoms with van der Waals surface area (Å²) < 4.78 is 9.56. The molecule has 0 aromatic rings. The number of halogens is 4. The second-order valence-electron chi connectivity index (χ2n) is 1.17. The van der Waals surface area contributed by atoms with Crippen molar-refractivity contribution in [1.29, 1.82) is 0 Å². The second-order valence-corrected chi connectivity index (χ2v) is 28.1. The van der Waals surface area contributed by atoms with Crippen molar-refractivity contribution >= 4 is 60.4 Å². The summed E-state index contributed by atoms with van der Waals surface area (Å²) in [4.78, 5) is 0. The van der Waals surface area contributed by atoms with Gasteiger partial charge in [0.25, 0.3) is 0 Å². The van der Waals surface area contributed by atoms with Gasteiger partial charge >= 0.3 is 49.6 Å². The van der Waals surface area contributed by atoms with Gasteiger partial charge in [-0.15, -0.1) is 0 Å². The van der Waals surface area contributed by atoms with Gasteiger partial charge < -0.3 is 0 Å². The van der Waals surface area contributed by atoms with Gasteiger partial charge in [-0.2, -0.15) is 0 Å². The minimum absolute atomic E-state index is 0.611. The summed E-state index contributed by atoms with van der Waals surface area (Å²) in [5.74, 6) is 0. The van der Waals surface area contributed by atoms with Crippen molar-refractivity contribution in [1.82, 2.24) is 0 Å². The Balaban J connectivity index is 0. The number of hydrogen-bond donors (Lipinski definition) is 0. The van der Waals surface area contributed by atoms with Gasteiger partial charge in [-0.3, -0.25) is 4.21 Å². The van der Waals surface area contributed by atoms with Crippen LogP contribution in [-0.4, -0.2) is 30.6 Å². The molecule has 0 heterocycles. The first-order chi connectivity index (χ1) is 3.73. The molecule has 1 nitrogen and oxygen atoms in total. The Labute approximate surface area is 76.2 Å². The molecule has 0 saturated carbocycles. The molecule has 0 fully saturated rings. The van der Waals surface area contributed by atoms with Crippen molar-refractivity contribution in [2.45, 2.75) is 0 Å². The molecule has 7 heteroatoms. The molecule has 0 aromatic heterocycles. The molecule has 0 aromatic carbocycles. The third kappa shape index (κ3) is 149. The van der Waals surface area contributed by atoms with Crippen LogP contribution >= 0.6 is 35.7 Å². The van der Waals surface area contributed by atoms with E-state index >= 15 is 0 Å². The van der Waals surface area contributed by atoms with Crippen LogP contribution in [0.1, 0.15) is 0 Å². The summed E-state index contributed by atoms with van der Waals surface area (Å²) in [7, 11) is 19.5. The Morgan fingerprint density at radius 2 is 1.11 bits per heavy atom. The molecule has 0 spiro atoms. The van der Waals surface area contributed by atoms with E-state index in [9.17, 15) is 4.21 Å². The molecule has 0 unspecified atom stereocenters. The van der Waals surface area contributed by atoms with Crippen molar-refractivity contribution in [3.8, 4) is 0 Å². The molecule has 0 bridgehead atoms. The quantitative estimate of drug-likeness (QED) is 0.620. The average molecular weight is 339 g/mol. The number of hydrogen-bond acceptors (Lipinski definition) is 1. The van der Waals surface area contributed by atoms with Crippen molar-refractivity contribution < 1.29 is 4.21 Å². The average Bonchev–Trinajstić information content (AvgIpc) is 1.19. The number of rotatable bonds is 0. The summed E-state index contributed by atoms with van der Waals surface area (Å²) in [5.41, 5.74) is 0. The van der Waals surface area contributed by atoms with E-state index in [-0.39, 0.29) is 0 Å². The first kappa shape index (κ1) is 13.7. The van der Waals surface area contributed by atoms with Crippen LogP contribution in [0.5, 0.6) is 0 Å². The van der Waals surface area contributed by atoms with Crippen LogP contribution in [0.15, 0.2) is 0 Å². The SMILES string of the molecule is CS(C)=O.[Cl][Sn]([Cl])([Cl])[Cl]. The van der Waals surface area contributed by atoms with Gasteiger partial charge in [0.1, 0.15) is 0 Å². The Hall–Kier alpha value is 2.11. The van der Waals surface area contributed by atoms with E-state index in [1.54, 1.807) is 12.5 Å². The fourth-order valence-electron chi connectivity index (χ4n) is 0. The van der Waals surface area contributed by atoms with E-state index in [1.165, 1.54) is 0 Å². The van der Waals surface area contributed by atoms with Gasteiger partial charge in [0, 0.05) is 23.3 Å². The van der Waals surface area contributed by atoms with E-state index in [1.807, 2.05) is 0 Å². The Morgan fingerprint density at radius 1 is 1.11 bits per heavy atom. The Kier molecular flexibility index (Phi) is 10.3. The molecule has 0 N–H and O–H groups in total. The summed E-state index contributed by atoms with van der Waals surface area (Å²) in [6.45, 7) is 0. The molecule has 0 radical (unpaired) electrons. The van der Waals surface area contributed by atoms with Crippen LogP contribution in [0.3, 0.4) is 0 Å². The van der Waals surface area contributed by atoms with E-state index in [0.717, 1.165) is 0 Å². The van der Waals surface area contributed by atoms with E-state index in [0.29, 0.717) is 0 Å². The van der Waals surface area contributed by atoms with Crippen LogP contribution in [0.25, 0.3) is 0 Å². The van der Waals surface area contributed by atoms with Gasteiger partial charge in [0.15, 0.2) is 0 Å². The Morgan fingerprint density at radius 3 is 1.11 bits per heavy atom. The summed E-state index contributed by atoms with van der Waals surface area (Å²) in [6.07, 6.45) is 3.28. The van der Waals surface area contributed by atoms with Gasteiger partial charge in [-0.25, -0.2) is 0 Å². The van der Waals surface area contributed by atoms with Crippen LogP contribution in [0.4, 0.5) is 0 Å². The van der Waals surface area contributed by atoms with Gasteiger partial charge in [0.05, 0.1) is 0 Å². The monoisotopic (exact) mass is 338 g/mol. The first-order valence-electron chi connectivity index (χ1n) is 1.74. The van der Waals surface area contributed by atoms with Crippen molar-refractivity contribution in [3.63, 3.8) is 0 Å². The maximum atomic E-state index is 9.56. The molecule has 9 heavy (non-hydrogen) atoms. The molecule has 0 amide bonds. The standard InChI is InChI=1S/C2H6OS.4ClH.Sn/c1-4(2)3;;;;;/h1-2H3;4*1H;/q;;;;;+4/p-4. The summed E-state index contributed by atoms with van der Waals surface area (Å²) in [6, 6.07) is 0. The molecule has 58 valence electrons. The molecule has 0 saturated heterocycles. The molecule has 0 aliphatic rings. The predicted molar refractivity (Wildman–Crippen MR) is 49.2 cm³/mol. The van der Waals surface area contributed by atoms with Crippen molar-refractivity contribution in [2.75, 3.05) is 12.5 Å². The van der Waals surface area contributed by atoms with Gasteiger partial charge in [-0.1, -0.05) is 0 Å². The second kappa shape index (κ2) is 6.80. The molecule has 0 aliphatic heterocycles. The normalized spacial score (nSPS) is 10.6. The van der Waals surface area contributed by atoms with Crippen molar-refractivity contribution in [3.05, 3.63) is 0 Å². The molecular weight excluding hydrogens is 333 g/mol. The molecular formula is C2H6Cl4OSSn. The first-order valence-corrected chi connectivity index (χ1v) is 18.2. The fourth-order valence-corrected chi connectivity index (χ4v) is 0. The van der Waals surface area contributed by atoms with Crippen LogP contribution in [0, 0.1) is 0 Å². The molecule has 0 aliphatic carbocycles. The van der Waals surface area contributed by atoms with E-state index < -0.39 is 24.7 Å². The zero-order valence-electron chi connectivity index (χ0n) is 4.83. The van der Waals surface area contributed by atoms with Crippen molar-refractivity contribution in [2.24, 2.45) is 0 Å². The van der Waals surface area contributed by atoms with Gasteiger partial charge in [-0.05, 0) is 0 Å². The third-order valence-corrected chi connectivity index (χ3v) is 0. The zero-order valence-corrected chi connectivity index (χ0v) is 11.5. The molecule has 0 atom stereocenters. The van der Waals surface area contributed by atoms with E-state index in [2.05, 4.69) is 0 Å². The van der Waals surface area contributed by atoms with Crippen LogP contribution in [0.2, 0.25) is 0 Å². The molecule has 0 rings (SSSR count). The van der Waals surface area contributed by atoms with Crippen LogP contribution in [-0.2, 0) is 10.8 Å². The maximum absolute atomic E-state index is 9.56. The van der Waals surface area contributed by atoms with Crippen LogP contribution < -0.4 is 0 Å². The topological polar surface area (TPSA) is 17.1 Å². The minimum atomic E-state index is -3.29. The Bertz CT molecular complexity index is 81.1. The van der Waals surface area contributed by atoms with Gasteiger partial charge in [0.2, 0.25) is 0 Å². The summed E-state index contributed by atoms with van der Waals surface area (Å²) in [5, 5.41) is 0.